The maximum Gasteiger partial charge on any atom is 0.283 e. The Morgan fingerprint density at radius 3 is 2.40 bits per heavy atom. The first-order valence-electron chi connectivity index (χ1n) is 7.09. The minimum atomic E-state index is -3.60. The standard InChI is InChI=1S/C15H14ClN3O5S/c1-2-17-25(23,24)12-6-4-11(5-7-12)18-15(20)13-8-3-10(16)9-14(13)19(21)22/h3-9,17H,2H2,1H3,(H,18,20). The maximum absolute atomic E-state index is 12.2. The number of sulfonamides is 1. The van der Waals surface area contributed by atoms with Crippen LogP contribution in [-0.2, 0) is 10.0 Å². The highest BCUT2D eigenvalue weighted by Gasteiger charge is 2.21. The highest BCUT2D eigenvalue weighted by atomic mass is 35.5. The lowest BCUT2D eigenvalue weighted by Gasteiger charge is -2.08. The number of amides is 1. The number of anilines is 1. The van der Waals surface area contributed by atoms with Crippen LogP contribution in [-0.4, -0.2) is 25.8 Å². The van der Waals surface area contributed by atoms with E-state index in [1.54, 1.807) is 6.92 Å². The van der Waals surface area contributed by atoms with E-state index < -0.39 is 26.5 Å². The van der Waals surface area contributed by atoms with Crippen LogP contribution in [0.2, 0.25) is 5.02 Å². The van der Waals surface area contributed by atoms with Gasteiger partial charge in [0.25, 0.3) is 11.6 Å². The summed E-state index contributed by atoms with van der Waals surface area (Å²) in [6, 6.07) is 9.14. The van der Waals surface area contributed by atoms with Crippen molar-refractivity contribution in [3.05, 3.63) is 63.2 Å². The molecule has 2 aromatic rings. The quantitative estimate of drug-likeness (QED) is 0.587. The number of carbonyl (C=O) groups is 1. The first-order chi connectivity index (χ1) is 11.7. The van der Waals surface area contributed by atoms with E-state index in [0.717, 1.165) is 6.07 Å². The lowest BCUT2D eigenvalue weighted by Crippen LogP contribution is -2.23. The highest BCUT2D eigenvalue weighted by Crippen LogP contribution is 2.24. The summed E-state index contributed by atoms with van der Waals surface area (Å²) in [5, 5.41) is 13.7. The van der Waals surface area contributed by atoms with Crippen molar-refractivity contribution in [2.75, 3.05) is 11.9 Å². The summed E-state index contributed by atoms with van der Waals surface area (Å²) in [6.45, 7) is 1.91. The van der Waals surface area contributed by atoms with Crippen molar-refractivity contribution in [2.24, 2.45) is 0 Å². The van der Waals surface area contributed by atoms with E-state index in [-0.39, 0.29) is 22.0 Å². The van der Waals surface area contributed by atoms with Gasteiger partial charge in [-0.3, -0.25) is 14.9 Å². The monoisotopic (exact) mass is 383 g/mol. The minimum absolute atomic E-state index is 0.0461. The molecule has 1 amide bonds. The van der Waals surface area contributed by atoms with Crippen LogP contribution in [0.4, 0.5) is 11.4 Å². The third-order valence-electron chi connectivity index (χ3n) is 3.16. The molecule has 0 spiro atoms. The molecule has 25 heavy (non-hydrogen) atoms. The predicted octanol–water partition coefficient (Wildman–Crippen LogP) is 2.80. The number of hydrogen-bond acceptors (Lipinski definition) is 5. The van der Waals surface area contributed by atoms with Gasteiger partial charge in [0.1, 0.15) is 5.56 Å². The van der Waals surface area contributed by atoms with E-state index in [9.17, 15) is 23.3 Å². The SMILES string of the molecule is CCNS(=O)(=O)c1ccc(NC(=O)c2ccc(Cl)cc2[N+](=O)[O-])cc1. The van der Waals surface area contributed by atoms with Crippen molar-refractivity contribution >= 4 is 38.9 Å². The molecule has 2 aromatic carbocycles. The topological polar surface area (TPSA) is 118 Å². The second kappa shape index (κ2) is 7.60. The highest BCUT2D eigenvalue weighted by molar-refractivity contribution is 7.89. The number of halogens is 1. The molecule has 132 valence electrons. The van der Waals surface area contributed by atoms with Crippen LogP contribution in [0.5, 0.6) is 0 Å². The van der Waals surface area contributed by atoms with E-state index in [4.69, 9.17) is 11.6 Å². The molecule has 0 unspecified atom stereocenters. The van der Waals surface area contributed by atoms with Crippen LogP contribution < -0.4 is 10.0 Å². The summed E-state index contributed by atoms with van der Waals surface area (Å²) >= 11 is 5.71. The zero-order valence-electron chi connectivity index (χ0n) is 13.0. The number of nitrogens with zero attached hydrogens (tertiary/aromatic N) is 1. The van der Waals surface area contributed by atoms with Crippen LogP contribution in [0, 0.1) is 10.1 Å². The van der Waals surface area contributed by atoms with Gasteiger partial charge < -0.3 is 5.32 Å². The maximum atomic E-state index is 12.2. The van der Waals surface area contributed by atoms with Gasteiger partial charge in [-0.1, -0.05) is 18.5 Å². The van der Waals surface area contributed by atoms with Crippen LogP contribution in [0.1, 0.15) is 17.3 Å². The Kier molecular flexibility index (Phi) is 5.73. The first kappa shape index (κ1) is 18.8. The molecule has 0 radical (unpaired) electrons. The summed E-state index contributed by atoms with van der Waals surface area (Å²) < 4.78 is 26.1. The van der Waals surface area contributed by atoms with Crippen molar-refractivity contribution in [3.63, 3.8) is 0 Å². The van der Waals surface area contributed by atoms with Crippen molar-refractivity contribution in [2.45, 2.75) is 11.8 Å². The molecular formula is C15H14ClN3O5S. The molecule has 0 atom stereocenters. The summed E-state index contributed by atoms with van der Waals surface area (Å²) in [7, 11) is -3.60. The fourth-order valence-electron chi connectivity index (χ4n) is 2.04. The Bertz CT molecular complexity index is 913. The van der Waals surface area contributed by atoms with Gasteiger partial charge in [0.15, 0.2) is 0 Å². The van der Waals surface area contributed by atoms with E-state index in [1.165, 1.54) is 36.4 Å². The molecule has 0 heterocycles. The molecule has 0 fully saturated rings. The van der Waals surface area contributed by atoms with E-state index in [1.807, 2.05) is 0 Å². The Morgan fingerprint density at radius 1 is 1.20 bits per heavy atom. The summed E-state index contributed by atoms with van der Waals surface area (Å²) in [5.41, 5.74) is -0.278. The molecule has 0 aliphatic heterocycles. The molecule has 0 saturated heterocycles. The number of rotatable bonds is 6. The zero-order chi connectivity index (χ0) is 18.6. The fraction of sp³-hybridized carbons (Fsp3) is 0.133. The van der Waals surface area contributed by atoms with E-state index >= 15 is 0 Å². The first-order valence-corrected chi connectivity index (χ1v) is 8.95. The van der Waals surface area contributed by atoms with Crippen molar-refractivity contribution in [1.82, 2.24) is 4.72 Å². The molecule has 2 rings (SSSR count). The molecular weight excluding hydrogens is 370 g/mol. The Hall–Kier alpha value is -2.49. The summed E-state index contributed by atoms with van der Waals surface area (Å²) in [5.74, 6) is -0.703. The third-order valence-corrected chi connectivity index (χ3v) is 4.95. The third kappa shape index (κ3) is 4.53. The summed E-state index contributed by atoms with van der Waals surface area (Å²) in [6.07, 6.45) is 0. The van der Waals surface area contributed by atoms with Gasteiger partial charge >= 0.3 is 0 Å². The van der Waals surface area contributed by atoms with E-state index in [2.05, 4.69) is 10.0 Å². The smallest absolute Gasteiger partial charge is 0.283 e. The fourth-order valence-corrected chi connectivity index (χ4v) is 3.24. The normalized spacial score (nSPS) is 11.1. The molecule has 0 bridgehead atoms. The largest absolute Gasteiger partial charge is 0.322 e. The van der Waals surface area contributed by atoms with Crippen molar-refractivity contribution in [3.8, 4) is 0 Å². The number of hydrogen-bond donors (Lipinski definition) is 2. The van der Waals surface area contributed by atoms with Gasteiger partial charge in [-0.2, -0.15) is 0 Å². The van der Waals surface area contributed by atoms with Gasteiger partial charge in [0, 0.05) is 23.3 Å². The van der Waals surface area contributed by atoms with Crippen LogP contribution in [0.15, 0.2) is 47.4 Å². The van der Waals surface area contributed by atoms with Gasteiger partial charge in [-0.15, -0.1) is 0 Å². The van der Waals surface area contributed by atoms with Gasteiger partial charge in [0.2, 0.25) is 10.0 Å². The Morgan fingerprint density at radius 2 is 1.84 bits per heavy atom. The number of nitro benzene ring substituents is 1. The molecule has 0 aromatic heterocycles. The van der Waals surface area contributed by atoms with Crippen LogP contribution in [0.25, 0.3) is 0 Å². The molecule has 0 aliphatic rings. The van der Waals surface area contributed by atoms with Crippen LogP contribution in [0.3, 0.4) is 0 Å². The lowest BCUT2D eigenvalue weighted by atomic mass is 10.1. The van der Waals surface area contributed by atoms with Crippen LogP contribution >= 0.6 is 11.6 Å². The van der Waals surface area contributed by atoms with E-state index in [0.29, 0.717) is 5.69 Å². The number of benzene rings is 2. The van der Waals surface area contributed by atoms with Gasteiger partial charge in [0.05, 0.1) is 9.82 Å². The minimum Gasteiger partial charge on any atom is -0.322 e. The van der Waals surface area contributed by atoms with Gasteiger partial charge in [-0.05, 0) is 36.4 Å². The molecule has 0 saturated carbocycles. The Labute approximate surface area is 149 Å². The predicted molar refractivity (Wildman–Crippen MR) is 93.4 cm³/mol. The molecule has 2 N–H and O–H groups in total. The van der Waals surface area contributed by atoms with Crippen molar-refractivity contribution < 1.29 is 18.1 Å². The summed E-state index contributed by atoms with van der Waals surface area (Å²) in [4.78, 5) is 22.6. The van der Waals surface area contributed by atoms with Crippen molar-refractivity contribution in [1.29, 1.82) is 0 Å². The number of carbonyl (C=O) groups excluding carboxylic acids is 1. The molecule has 0 aliphatic carbocycles. The molecule has 10 heteroatoms. The zero-order valence-corrected chi connectivity index (χ0v) is 14.6. The molecule has 8 nitrogen and oxygen atoms in total. The second-order valence-corrected chi connectivity index (χ2v) is 7.10. The number of nitro groups is 1. The Balaban J connectivity index is 2.23. The van der Waals surface area contributed by atoms with Gasteiger partial charge in [-0.25, -0.2) is 13.1 Å². The second-order valence-electron chi connectivity index (χ2n) is 4.90. The average Bonchev–Trinajstić information content (AvgIpc) is 2.55. The number of nitrogens with one attached hydrogen (secondary N) is 2. The average molecular weight is 384 g/mol. The lowest BCUT2D eigenvalue weighted by molar-refractivity contribution is -0.385.